The van der Waals surface area contributed by atoms with Crippen LogP contribution in [-0.4, -0.2) is 6.61 Å². The summed E-state index contributed by atoms with van der Waals surface area (Å²) < 4.78 is 43.4. The molecule has 1 nitrogen and oxygen atoms in total. The predicted octanol–water partition coefficient (Wildman–Crippen LogP) is 4.63. The number of benzene rings is 1. The first-order chi connectivity index (χ1) is 6.86. The first kappa shape index (κ1) is 12.8. The van der Waals surface area contributed by atoms with Gasteiger partial charge in [0.05, 0.1) is 6.61 Å². The number of alkyl halides is 3. The average molecular weight is 348 g/mol. The molecule has 84 valence electrons. The van der Waals surface area contributed by atoms with E-state index in [0.717, 1.165) is 0 Å². The van der Waals surface area contributed by atoms with Crippen molar-refractivity contribution in [3.05, 3.63) is 26.6 Å². The zero-order valence-corrected chi connectivity index (χ0v) is 10.8. The molecule has 0 N–H and O–H groups in total. The molecule has 0 aromatic heterocycles. The number of halogens is 5. The standard InChI is InChI=1S/C9H7Br2F3O/c1-2-15-7-4-5(10)3-6(11)8(7)9(12,13)14/h3-4H,2H2,1H3. The predicted molar refractivity (Wildman–Crippen MR) is 58.0 cm³/mol. The molecule has 1 aromatic carbocycles. The Kier molecular flexibility index (Phi) is 4.06. The van der Waals surface area contributed by atoms with Gasteiger partial charge in [0.15, 0.2) is 0 Å². The van der Waals surface area contributed by atoms with Crippen LogP contribution in [0.25, 0.3) is 0 Å². The van der Waals surface area contributed by atoms with Crippen molar-refractivity contribution >= 4 is 31.9 Å². The Morgan fingerprint density at radius 3 is 2.33 bits per heavy atom. The average Bonchev–Trinajstić information content (AvgIpc) is 1.99. The molecule has 0 aliphatic heterocycles. The van der Waals surface area contributed by atoms with Crippen molar-refractivity contribution in [2.75, 3.05) is 6.61 Å². The minimum atomic E-state index is -4.43. The first-order valence-electron chi connectivity index (χ1n) is 4.05. The molecular formula is C9H7Br2F3O. The molecule has 0 atom stereocenters. The number of hydrogen-bond acceptors (Lipinski definition) is 1. The Balaban J connectivity index is 3.33. The van der Waals surface area contributed by atoms with Gasteiger partial charge in [-0.15, -0.1) is 0 Å². The van der Waals surface area contributed by atoms with Crippen molar-refractivity contribution in [3.63, 3.8) is 0 Å². The van der Waals surface area contributed by atoms with Gasteiger partial charge in [-0.1, -0.05) is 15.9 Å². The smallest absolute Gasteiger partial charge is 0.421 e. The van der Waals surface area contributed by atoms with Crippen molar-refractivity contribution in [3.8, 4) is 5.75 Å². The molecule has 0 saturated carbocycles. The molecule has 6 heteroatoms. The minimum absolute atomic E-state index is 0.0344. The van der Waals surface area contributed by atoms with Crippen molar-refractivity contribution in [1.29, 1.82) is 0 Å². The zero-order chi connectivity index (χ0) is 11.6. The van der Waals surface area contributed by atoms with Gasteiger partial charge in [-0.25, -0.2) is 0 Å². The van der Waals surface area contributed by atoms with E-state index in [-0.39, 0.29) is 16.8 Å². The Hall–Kier alpha value is -0.230. The van der Waals surface area contributed by atoms with Gasteiger partial charge in [-0.05, 0) is 35.0 Å². The maximum Gasteiger partial charge on any atom is 0.421 e. The van der Waals surface area contributed by atoms with E-state index >= 15 is 0 Å². The van der Waals surface area contributed by atoms with Crippen LogP contribution in [0.5, 0.6) is 5.75 Å². The van der Waals surface area contributed by atoms with Crippen LogP contribution in [-0.2, 0) is 6.18 Å². The van der Waals surface area contributed by atoms with E-state index in [1.807, 2.05) is 0 Å². The van der Waals surface area contributed by atoms with E-state index in [1.54, 1.807) is 6.92 Å². The highest BCUT2D eigenvalue weighted by Crippen LogP contribution is 2.42. The molecule has 0 saturated heterocycles. The highest BCUT2D eigenvalue weighted by molar-refractivity contribution is 9.11. The Labute approximate surface area is 102 Å². The summed E-state index contributed by atoms with van der Waals surface area (Å²) in [5.41, 5.74) is -0.785. The molecule has 0 heterocycles. The molecule has 0 radical (unpaired) electrons. The van der Waals surface area contributed by atoms with E-state index in [0.29, 0.717) is 4.47 Å². The van der Waals surface area contributed by atoms with Crippen molar-refractivity contribution in [2.45, 2.75) is 13.1 Å². The molecule has 0 bridgehead atoms. The summed E-state index contributed by atoms with van der Waals surface area (Å²) >= 11 is 5.98. The van der Waals surface area contributed by atoms with E-state index in [9.17, 15) is 13.2 Å². The molecule has 0 spiro atoms. The second kappa shape index (κ2) is 4.74. The lowest BCUT2D eigenvalue weighted by atomic mass is 10.2. The third kappa shape index (κ3) is 3.11. The molecule has 0 fully saturated rings. The summed E-state index contributed by atoms with van der Waals surface area (Å²) in [6.45, 7) is 1.82. The number of ether oxygens (including phenoxy) is 1. The van der Waals surface area contributed by atoms with E-state index in [4.69, 9.17) is 4.74 Å². The highest BCUT2D eigenvalue weighted by Gasteiger charge is 2.37. The lowest BCUT2D eigenvalue weighted by Crippen LogP contribution is -2.09. The summed E-state index contributed by atoms with van der Waals surface area (Å²) in [4.78, 5) is 0. The Morgan fingerprint density at radius 2 is 1.87 bits per heavy atom. The van der Waals surface area contributed by atoms with Gasteiger partial charge < -0.3 is 4.74 Å². The first-order valence-corrected chi connectivity index (χ1v) is 5.64. The maximum atomic E-state index is 12.6. The monoisotopic (exact) mass is 346 g/mol. The van der Waals surface area contributed by atoms with Crippen LogP contribution in [0.3, 0.4) is 0 Å². The van der Waals surface area contributed by atoms with E-state index in [2.05, 4.69) is 31.9 Å². The summed E-state index contributed by atoms with van der Waals surface area (Å²) in [5, 5.41) is 0. The molecular weight excluding hydrogens is 341 g/mol. The summed E-state index contributed by atoms with van der Waals surface area (Å²) in [5.74, 6) is -0.175. The number of rotatable bonds is 2. The largest absolute Gasteiger partial charge is 0.493 e. The van der Waals surface area contributed by atoms with Crippen LogP contribution in [0, 0.1) is 0 Å². The van der Waals surface area contributed by atoms with Crippen LogP contribution < -0.4 is 4.74 Å². The number of hydrogen-bond donors (Lipinski definition) is 0. The van der Waals surface area contributed by atoms with Gasteiger partial charge in [0.2, 0.25) is 0 Å². The van der Waals surface area contributed by atoms with Crippen molar-refractivity contribution < 1.29 is 17.9 Å². The van der Waals surface area contributed by atoms with Crippen LogP contribution in [0.1, 0.15) is 12.5 Å². The second-order valence-electron chi connectivity index (χ2n) is 2.69. The van der Waals surface area contributed by atoms with Crippen LogP contribution in [0.15, 0.2) is 21.1 Å². The lowest BCUT2D eigenvalue weighted by Gasteiger charge is -2.15. The lowest BCUT2D eigenvalue weighted by molar-refractivity contribution is -0.139. The van der Waals surface area contributed by atoms with E-state index in [1.165, 1.54) is 12.1 Å². The maximum absolute atomic E-state index is 12.6. The molecule has 1 rings (SSSR count). The fourth-order valence-corrected chi connectivity index (χ4v) is 2.51. The minimum Gasteiger partial charge on any atom is -0.493 e. The van der Waals surface area contributed by atoms with Crippen LogP contribution in [0.2, 0.25) is 0 Å². The SMILES string of the molecule is CCOc1cc(Br)cc(Br)c1C(F)(F)F. The molecule has 0 aliphatic rings. The van der Waals surface area contributed by atoms with E-state index < -0.39 is 11.7 Å². The third-order valence-electron chi connectivity index (χ3n) is 1.60. The molecule has 0 unspecified atom stereocenters. The fraction of sp³-hybridized carbons (Fsp3) is 0.333. The van der Waals surface area contributed by atoms with Crippen LogP contribution >= 0.6 is 31.9 Å². The molecule has 1 aromatic rings. The second-order valence-corrected chi connectivity index (χ2v) is 4.46. The summed E-state index contributed by atoms with van der Waals surface area (Å²) in [6.07, 6.45) is -4.43. The topological polar surface area (TPSA) is 9.23 Å². The normalized spacial score (nSPS) is 11.6. The zero-order valence-electron chi connectivity index (χ0n) is 7.66. The van der Waals surface area contributed by atoms with Gasteiger partial charge in [-0.3, -0.25) is 0 Å². The van der Waals surface area contributed by atoms with Gasteiger partial charge in [0.1, 0.15) is 11.3 Å². The fourth-order valence-electron chi connectivity index (χ4n) is 1.09. The Bertz CT molecular complexity index is 363. The molecule has 0 amide bonds. The van der Waals surface area contributed by atoms with Crippen molar-refractivity contribution in [1.82, 2.24) is 0 Å². The van der Waals surface area contributed by atoms with Gasteiger partial charge in [-0.2, -0.15) is 13.2 Å². The summed E-state index contributed by atoms with van der Waals surface area (Å²) in [7, 11) is 0. The van der Waals surface area contributed by atoms with Gasteiger partial charge >= 0.3 is 6.18 Å². The van der Waals surface area contributed by atoms with Crippen LogP contribution in [0.4, 0.5) is 13.2 Å². The highest BCUT2D eigenvalue weighted by atomic mass is 79.9. The molecule has 0 aliphatic carbocycles. The Morgan fingerprint density at radius 1 is 1.27 bits per heavy atom. The van der Waals surface area contributed by atoms with Gasteiger partial charge in [0.25, 0.3) is 0 Å². The van der Waals surface area contributed by atoms with Crippen molar-refractivity contribution in [2.24, 2.45) is 0 Å². The quantitative estimate of drug-likeness (QED) is 0.758. The van der Waals surface area contributed by atoms with Gasteiger partial charge in [0, 0.05) is 8.95 Å². The third-order valence-corrected chi connectivity index (χ3v) is 2.69. The summed E-state index contributed by atoms with van der Waals surface area (Å²) in [6, 6.07) is 2.64. The molecule has 15 heavy (non-hydrogen) atoms.